The molecule has 4 rings (SSSR count). The number of hydrogen-bond acceptors (Lipinski definition) is 5. The predicted molar refractivity (Wildman–Crippen MR) is 95.4 cm³/mol. The summed E-state index contributed by atoms with van der Waals surface area (Å²) in [5.74, 6) is -0.661. The first-order chi connectivity index (χ1) is 13.0. The van der Waals surface area contributed by atoms with Crippen molar-refractivity contribution in [2.45, 2.75) is 11.8 Å². The molecule has 1 unspecified atom stereocenters. The quantitative estimate of drug-likeness (QED) is 0.862. The van der Waals surface area contributed by atoms with Crippen LogP contribution in [0.2, 0.25) is 0 Å². The molecule has 27 heavy (non-hydrogen) atoms. The van der Waals surface area contributed by atoms with Crippen molar-refractivity contribution >= 4 is 23.4 Å². The largest absolute Gasteiger partial charge is 0.468 e. The van der Waals surface area contributed by atoms with Crippen LogP contribution >= 0.6 is 0 Å². The summed E-state index contributed by atoms with van der Waals surface area (Å²) in [4.78, 5) is 40.4. The van der Waals surface area contributed by atoms with Gasteiger partial charge in [-0.3, -0.25) is 14.4 Å². The van der Waals surface area contributed by atoms with Crippen LogP contribution in [-0.2, 0) is 15.0 Å². The van der Waals surface area contributed by atoms with Crippen LogP contribution < -0.4 is 15.4 Å². The fraction of sp³-hybridized carbons (Fsp3) is 0.316. The number of methoxy groups -OCH3 is 1. The van der Waals surface area contributed by atoms with E-state index in [1.807, 2.05) is 18.2 Å². The van der Waals surface area contributed by atoms with Gasteiger partial charge in [-0.15, -0.1) is 0 Å². The minimum atomic E-state index is -0.863. The van der Waals surface area contributed by atoms with Crippen LogP contribution in [0, 0.1) is 0 Å². The second-order valence-corrected chi connectivity index (χ2v) is 6.76. The topological polar surface area (TPSA) is 106 Å². The zero-order valence-electron chi connectivity index (χ0n) is 14.8. The molecule has 0 saturated carbocycles. The molecule has 1 atom stereocenters. The molecule has 1 spiro atoms. The van der Waals surface area contributed by atoms with Crippen LogP contribution in [0.5, 0.6) is 5.95 Å². The Balaban J connectivity index is 1.65. The Bertz CT molecular complexity index is 937. The Hall–Kier alpha value is -3.29. The number of carbonyl (C=O) groups is 3. The van der Waals surface area contributed by atoms with Crippen molar-refractivity contribution in [2.75, 3.05) is 31.6 Å². The molecule has 1 saturated heterocycles. The maximum atomic E-state index is 13.2. The number of benzene rings is 1. The van der Waals surface area contributed by atoms with Gasteiger partial charge in [0.1, 0.15) is 6.54 Å². The van der Waals surface area contributed by atoms with Gasteiger partial charge in [-0.1, -0.05) is 18.2 Å². The average Bonchev–Trinajstić information content (AvgIpc) is 3.37. The Labute approximate surface area is 155 Å². The zero-order valence-corrected chi connectivity index (χ0v) is 14.8. The van der Waals surface area contributed by atoms with Crippen LogP contribution in [-0.4, -0.2) is 49.4 Å². The molecule has 8 heteroatoms. The van der Waals surface area contributed by atoms with Gasteiger partial charge >= 0.3 is 0 Å². The standard InChI is InChI=1S/C19H19N3O5/c1-26-16-7-6-14(27-16)17(24)21-9-8-19(11-21)12-4-2-3-5-13(12)22(18(19)25)10-15(20)23/h2-7H,8-11H2,1H3,(H2,20,23). The molecule has 140 valence electrons. The number of fused-ring (bicyclic) bond motifs is 2. The van der Waals surface area contributed by atoms with Gasteiger partial charge in [0.15, 0.2) is 5.76 Å². The number of ether oxygens (including phenoxy) is 1. The van der Waals surface area contributed by atoms with Crippen LogP contribution in [0.1, 0.15) is 22.5 Å². The molecule has 2 aliphatic heterocycles. The highest BCUT2D eigenvalue weighted by molar-refractivity contribution is 6.11. The third kappa shape index (κ3) is 2.56. The summed E-state index contributed by atoms with van der Waals surface area (Å²) in [6.07, 6.45) is 0.474. The van der Waals surface area contributed by atoms with E-state index in [2.05, 4.69) is 0 Å². The van der Waals surface area contributed by atoms with E-state index in [0.29, 0.717) is 18.7 Å². The third-order valence-corrected chi connectivity index (χ3v) is 5.23. The van der Waals surface area contributed by atoms with Crippen molar-refractivity contribution in [3.63, 3.8) is 0 Å². The Kier molecular flexibility index (Phi) is 3.91. The molecule has 2 N–H and O–H groups in total. The second-order valence-electron chi connectivity index (χ2n) is 6.76. The van der Waals surface area contributed by atoms with Gasteiger partial charge in [-0.2, -0.15) is 0 Å². The van der Waals surface area contributed by atoms with E-state index in [1.54, 1.807) is 23.1 Å². The minimum Gasteiger partial charge on any atom is -0.468 e. The lowest BCUT2D eigenvalue weighted by Gasteiger charge is -2.23. The molecule has 2 aliphatic rings. The number of rotatable bonds is 4. The number of amides is 3. The maximum Gasteiger partial charge on any atom is 0.289 e. The normalized spacial score (nSPS) is 21.0. The van der Waals surface area contributed by atoms with Crippen LogP contribution in [0.15, 0.2) is 40.8 Å². The van der Waals surface area contributed by atoms with Crippen molar-refractivity contribution in [1.29, 1.82) is 0 Å². The molecule has 1 fully saturated rings. The summed E-state index contributed by atoms with van der Waals surface area (Å²) < 4.78 is 10.3. The van der Waals surface area contributed by atoms with Crippen LogP contribution in [0.3, 0.4) is 0 Å². The van der Waals surface area contributed by atoms with E-state index in [0.717, 1.165) is 5.56 Å². The number of carbonyl (C=O) groups excluding carboxylic acids is 3. The van der Waals surface area contributed by atoms with E-state index in [9.17, 15) is 14.4 Å². The molecule has 8 nitrogen and oxygen atoms in total. The number of furan rings is 1. The summed E-state index contributed by atoms with van der Waals surface area (Å²) in [6, 6.07) is 10.5. The lowest BCUT2D eigenvalue weighted by molar-refractivity contribution is -0.125. The smallest absolute Gasteiger partial charge is 0.289 e. The maximum absolute atomic E-state index is 13.2. The third-order valence-electron chi connectivity index (χ3n) is 5.23. The van der Waals surface area contributed by atoms with Crippen molar-refractivity contribution in [3.8, 4) is 5.95 Å². The molecular weight excluding hydrogens is 350 g/mol. The first-order valence-corrected chi connectivity index (χ1v) is 8.59. The van der Waals surface area contributed by atoms with Crippen molar-refractivity contribution < 1.29 is 23.5 Å². The van der Waals surface area contributed by atoms with E-state index < -0.39 is 11.3 Å². The number of nitrogens with two attached hydrogens (primary N) is 1. The lowest BCUT2D eigenvalue weighted by atomic mass is 9.81. The number of likely N-dealkylation sites (tertiary alicyclic amines) is 1. The minimum absolute atomic E-state index is 0.164. The van der Waals surface area contributed by atoms with Gasteiger partial charge in [0.2, 0.25) is 11.8 Å². The Morgan fingerprint density at radius 2 is 2.04 bits per heavy atom. The van der Waals surface area contributed by atoms with E-state index in [4.69, 9.17) is 14.9 Å². The average molecular weight is 369 g/mol. The summed E-state index contributed by atoms with van der Waals surface area (Å²) in [5.41, 5.74) is 5.96. The fourth-order valence-corrected chi connectivity index (χ4v) is 3.99. The molecule has 3 amide bonds. The highest BCUT2D eigenvalue weighted by atomic mass is 16.6. The number of nitrogens with zero attached hydrogens (tertiary/aromatic N) is 2. The number of anilines is 1. The fourth-order valence-electron chi connectivity index (χ4n) is 3.99. The van der Waals surface area contributed by atoms with Gasteiger partial charge in [-0.25, -0.2) is 0 Å². The van der Waals surface area contributed by atoms with Crippen molar-refractivity contribution in [2.24, 2.45) is 5.73 Å². The molecule has 0 radical (unpaired) electrons. The number of primary amides is 1. The summed E-state index contributed by atoms with van der Waals surface area (Å²) >= 11 is 0. The van der Waals surface area contributed by atoms with E-state index in [-0.39, 0.29) is 36.6 Å². The molecule has 0 aliphatic carbocycles. The molecule has 1 aromatic carbocycles. The van der Waals surface area contributed by atoms with Gasteiger partial charge in [-0.05, 0) is 24.1 Å². The predicted octanol–water partition coefficient (Wildman–Crippen LogP) is 0.904. The van der Waals surface area contributed by atoms with E-state index in [1.165, 1.54) is 12.0 Å². The molecular formula is C19H19N3O5. The first-order valence-electron chi connectivity index (χ1n) is 8.59. The molecule has 2 aromatic rings. The summed E-state index contributed by atoms with van der Waals surface area (Å²) in [5, 5.41) is 0. The summed E-state index contributed by atoms with van der Waals surface area (Å²) in [7, 11) is 1.46. The Morgan fingerprint density at radius 3 is 2.74 bits per heavy atom. The SMILES string of the molecule is COc1ccc(C(=O)N2CCC3(C2)C(=O)N(CC(N)=O)c2ccccc23)o1. The molecule has 3 heterocycles. The number of hydrogen-bond donors (Lipinski definition) is 1. The highest BCUT2D eigenvalue weighted by Gasteiger charge is 2.55. The van der Waals surface area contributed by atoms with Gasteiger partial charge in [0, 0.05) is 24.8 Å². The Morgan fingerprint density at radius 1 is 1.26 bits per heavy atom. The number of para-hydroxylation sites is 1. The van der Waals surface area contributed by atoms with E-state index >= 15 is 0 Å². The second kappa shape index (κ2) is 6.15. The zero-order chi connectivity index (χ0) is 19.2. The first kappa shape index (κ1) is 17.1. The van der Waals surface area contributed by atoms with Gasteiger partial charge in [0.05, 0.1) is 12.5 Å². The van der Waals surface area contributed by atoms with Crippen LogP contribution in [0.4, 0.5) is 5.69 Å². The van der Waals surface area contributed by atoms with Crippen LogP contribution in [0.25, 0.3) is 0 Å². The van der Waals surface area contributed by atoms with Crippen molar-refractivity contribution in [3.05, 3.63) is 47.7 Å². The van der Waals surface area contributed by atoms with Gasteiger partial charge < -0.3 is 24.7 Å². The van der Waals surface area contributed by atoms with Gasteiger partial charge in [0.25, 0.3) is 11.9 Å². The monoisotopic (exact) mass is 369 g/mol. The lowest BCUT2D eigenvalue weighted by Crippen LogP contribution is -2.45. The molecule has 1 aromatic heterocycles. The molecule has 0 bridgehead atoms. The van der Waals surface area contributed by atoms with Crippen molar-refractivity contribution in [1.82, 2.24) is 4.90 Å². The highest BCUT2D eigenvalue weighted by Crippen LogP contribution is 2.47. The summed E-state index contributed by atoms with van der Waals surface area (Å²) in [6.45, 7) is 0.452.